The minimum atomic E-state index is 0. The Balaban J connectivity index is 0.00000220. The first kappa shape index (κ1) is 18.4. The van der Waals surface area contributed by atoms with Gasteiger partial charge < -0.3 is 19.9 Å². The Kier molecular flexibility index (Phi) is 7.60. The lowest BCUT2D eigenvalue weighted by Gasteiger charge is -2.31. The van der Waals surface area contributed by atoms with Gasteiger partial charge in [-0.15, -0.1) is 12.4 Å². The number of halogens is 2. The van der Waals surface area contributed by atoms with Gasteiger partial charge in [0.1, 0.15) is 12.4 Å². The first-order chi connectivity index (χ1) is 9.58. The predicted molar refractivity (Wildman–Crippen MR) is 92.6 cm³/mol. The quantitative estimate of drug-likeness (QED) is 0.895. The van der Waals surface area contributed by atoms with Crippen LogP contribution < -0.4 is 15.0 Å². The summed E-state index contributed by atoms with van der Waals surface area (Å²) in [7, 11) is 4.08. The van der Waals surface area contributed by atoms with Crippen LogP contribution in [-0.2, 0) is 0 Å². The third-order valence-electron chi connectivity index (χ3n) is 3.55. The Labute approximate surface area is 138 Å². The molecule has 2 rings (SSSR count). The van der Waals surface area contributed by atoms with Crippen LogP contribution in [0.4, 0.5) is 5.69 Å². The van der Waals surface area contributed by atoms with Crippen molar-refractivity contribution in [3.05, 3.63) is 22.7 Å². The SMILES string of the molecule is Cc1c(OCCN(C)C)cc(Cl)cc1N1CCNCC1.Cl. The van der Waals surface area contributed by atoms with Gasteiger partial charge in [-0.2, -0.15) is 0 Å². The zero-order valence-corrected chi connectivity index (χ0v) is 14.6. The van der Waals surface area contributed by atoms with Crippen molar-refractivity contribution in [3.8, 4) is 5.75 Å². The summed E-state index contributed by atoms with van der Waals surface area (Å²) in [6.07, 6.45) is 0. The van der Waals surface area contributed by atoms with Crippen molar-refractivity contribution in [1.29, 1.82) is 0 Å². The van der Waals surface area contributed by atoms with Crippen LogP contribution in [0.15, 0.2) is 12.1 Å². The fourth-order valence-corrected chi connectivity index (χ4v) is 2.56. The molecule has 0 unspecified atom stereocenters. The number of rotatable bonds is 5. The summed E-state index contributed by atoms with van der Waals surface area (Å²) < 4.78 is 5.89. The van der Waals surface area contributed by atoms with Gasteiger partial charge in [-0.1, -0.05) is 11.6 Å². The van der Waals surface area contributed by atoms with Crippen LogP contribution in [0, 0.1) is 6.92 Å². The molecule has 1 N–H and O–H groups in total. The number of piperazine rings is 1. The van der Waals surface area contributed by atoms with Gasteiger partial charge in [0, 0.05) is 49.0 Å². The van der Waals surface area contributed by atoms with E-state index in [1.165, 1.54) is 11.3 Å². The molecule has 6 heteroatoms. The maximum atomic E-state index is 6.25. The molecule has 1 saturated heterocycles. The van der Waals surface area contributed by atoms with Gasteiger partial charge in [-0.05, 0) is 33.2 Å². The molecule has 4 nitrogen and oxygen atoms in total. The summed E-state index contributed by atoms with van der Waals surface area (Å²) in [6, 6.07) is 3.96. The zero-order chi connectivity index (χ0) is 14.5. The van der Waals surface area contributed by atoms with E-state index in [4.69, 9.17) is 16.3 Å². The molecule has 120 valence electrons. The predicted octanol–water partition coefficient (Wildman–Crippen LogP) is 2.42. The summed E-state index contributed by atoms with van der Waals surface area (Å²) in [6.45, 7) is 7.74. The normalized spacial score (nSPS) is 15.0. The largest absolute Gasteiger partial charge is 0.492 e. The first-order valence-electron chi connectivity index (χ1n) is 7.11. The van der Waals surface area contributed by atoms with E-state index in [0.29, 0.717) is 6.61 Å². The van der Waals surface area contributed by atoms with Crippen molar-refractivity contribution >= 4 is 29.7 Å². The van der Waals surface area contributed by atoms with Gasteiger partial charge in [0.2, 0.25) is 0 Å². The van der Waals surface area contributed by atoms with Gasteiger partial charge in [0.25, 0.3) is 0 Å². The fourth-order valence-electron chi connectivity index (χ4n) is 2.36. The highest BCUT2D eigenvalue weighted by atomic mass is 35.5. The lowest BCUT2D eigenvalue weighted by Crippen LogP contribution is -2.43. The Morgan fingerprint density at radius 1 is 1.29 bits per heavy atom. The lowest BCUT2D eigenvalue weighted by atomic mass is 10.1. The highest BCUT2D eigenvalue weighted by Gasteiger charge is 2.16. The Bertz CT molecular complexity index is 449. The molecule has 1 heterocycles. The highest BCUT2D eigenvalue weighted by molar-refractivity contribution is 6.31. The molecule has 1 aromatic rings. The molecule has 0 atom stereocenters. The van der Waals surface area contributed by atoms with Crippen molar-refractivity contribution < 1.29 is 4.74 Å². The summed E-state index contributed by atoms with van der Waals surface area (Å²) in [5.41, 5.74) is 2.37. The molecule has 0 radical (unpaired) electrons. The fraction of sp³-hybridized carbons (Fsp3) is 0.600. The molecule has 1 aliphatic rings. The van der Waals surface area contributed by atoms with E-state index in [1.807, 2.05) is 26.2 Å². The number of nitrogens with zero attached hydrogens (tertiary/aromatic N) is 2. The van der Waals surface area contributed by atoms with E-state index in [2.05, 4.69) is 22.0 Å². The van der Waals surface area contributed by atoms with Gasteiger partial charge >= 0.3 is 0 Å². The minimum absolute atomic E-state index is 0. The van der Waals surface area contributed by atoms with Crippen molar-refractivity contribution in [2.24, 2.45) is 0 Å². The number of likely N-dealkylation sites (N-methyl/N-ethyl adjacent to an activating group) is 1. The second-order valence-electron chi connectivity index (χ2n) is 5.44. The molecule has 1 aliphatic heterocycles. The van der Waals surface area contributed by atoms with Gasteiger partial charge in [-0.3, -0.25) is 0 Å². The van der Waals surface area contributed by atoms with E-state index in [9.17, 15) is 0 Å². The molecule has 0 aromatic heterocycles. The number of nitrogens with one attached hydrogen (secondary N) is 1. The number of benzene rings is 1. The molecular formula is C15H25Cl2N3O. The Morgan fingerprint density at radius 3 is 2.57 bits per heavy atom. The third-order valence-corrected chi connectivity index (χ3v) is 3.77. The molecule has 1 aromatic carbocycles. The number of ether oxygens (including phenoxy) is 1. The highest BCUT2D eigenvalue weighted by Crippen LogP contribution is 2.33. The van der Waals surface area contributed by atoms with Crippen LogP contribution in [0.5, 0.6) is 5.75 Å². The molecule has 1 fully saturated rings. The standard InChI is InChI=1S/C15H24ClN3O.ClH/c1-12-14(19-6-4-17-5-7-19)10-13(16)11-15(12)20-9-8-18(2)3;/h10-11,17H,4-9H2,1-3H3;1H. The average molecular weight is 334 g/mol. The Hall–Kier alpha value is -0.680. The summed E-state index contributed by atoms with van der Waals surface area (Å²) >= 11 is 6.25. The molecular weight excluding hydrogens is 309 g/mol. The van der Waals surface area contributed by atoms with Crippen LogP contribution in [-0.4, -0.2) is 58.3 Å². The number of hydrogen-bond acceptors (Lipinski definition) is 4. The maximum absolute atomic E-state index is 6.25. The topological polar surface area (TPSA) is 27.7 Å². The van der Waals surface area contributed by atoms with E-state index < -0.39 is 0 Å². The molecule has 0 saturated carbocycles. The van der Waals surface area contributed by atoms with Crippen molar-refractivity contribution in [2.75, 3.05) is 58.3 Å². The van der Waals surface area contributed by atoms with Gasteiger partial charge in [-0.25, -0.2) is 0 Å². The number of hydrogen-bond donors (Lipinski definition) is 1. The summed E-state index contributed by atoms with van der Waals surface area (Å²) in [5.74, 6) is 0.896. The Morgan fingerprint density at radius 2 is 1.95 bits per heavy atom. The second kappa shape index (κ2) is 8.69. The molecule has 0 bridgehead atoms. The van der Waals surface area contributed by atoms with Crippen LogP contribution in [0.1, 0.15) is 5.56 Å². The van der Waals surface area contributed by atoms with Crippen LogP contribution in [0.25, 0.3) is 0 Å². The number of anilines is 1. The van der Waals surface area contributed by atoms with Crippen LogP contribution >= 0.6 is 24.0 Å². The summed E-state index contributed by atoms with van der Waals surface area (Å²) in [5, 5.41) is 4.11. The maximum Gasteiger partial charge on any atom is 0.125 e. The minimum Gasteiger partial charge on any atom is -0.492 e. The van der Waals surface area contributed by atoms with Gasteiger partial charge in [0.05, 0.1) is 0 Å². The van der Waals surface area contributed by atoms with Crippen molar-refractivity contribution in [1.82, 2.24) is 10.2 Å². The third kappa shape index (κ3) is 5.22. The first-order valence-corrected chi connectivity index (χ1v) is 7.49. The molecule has 21 heavy (non-hydrogen) atoms. The van der Waals surface area contributed by atoms with E-state index in [0.717, 1.165) is 43.5 Å². The van der Waals surface area contributed by atoms with E-state index in [-0.39, 0.29) is 12.4 Å². The van der Waals surface area contributed by atoms with Gasteiger partial charge in [0.15, 0.2) is 0 Å². The average Bonchev–Trinajstić information content (AvgIpc) is 2.43. The van der Waals surface area contributed by atoms with Crippen LogP contribution in [0.2, 0.25) is 5.02 Å². The van der Waals surface area contributed by atoms with Crippen LogP contribution in [0.3, 0.4) is 0 Å². The zero-order valence-electron chi connectivity index (χ0n) is 13.0. The van der Waals surface area contributed by atoms with E-state index in [1.54, 1.807) is 0 Å². The molecule has 0 amide bonds. The lowest BCUT2D eigenvalue weighted by molar-refractivity contribution is 0.260. The smallest absolute Gasteiger partial charge is 0.125 e. The van der Waals surface area contributed by atoms with Crippen molar-refractivity contribution in [2.45, 2.75) is 6.92 Å². The second-order valence-corrected chi connectivity index (χ2v) is 5.87. The molecule has 0 aliphatic carbocycles. The molecule has 0 spiro atoms. The monoisotopic (exact) mass is 333 g/mol. The van der Waals surface area contributed by atoms with Crippen molar-refractivity contribution in [3.63, 3.8) is 0 Å². The van der Waals surface area contributed by atoms with E-state index >= 15 is 0 Å². The summed E-state index contributed by atoms with van der Waals surface area (Å²) in [4.78, 5) is 4.48.